The lowest BCUT2D eigenvalue weighted by Crippen LogP contribution is -2.36. The molecule has 1 aromatic rings. The molecule has 0 aliphatic heterocycles. The predicted octanol–water partition coefficient (Wildman–Crippen LogP) is 2.76. The third kappa shape index (κ3) is 3.84. The lowest BCUT2D eigenvalue weighted by atomic mass is 9.79. The summed E-state index contributed by atoms with van der Waals surface area (Å²) in [4.78, 5) is 7.40. The maximum atomic E-state index is 4.25. The summed E-state index contributed by atoms with van der Waals surface area (Å²) in [6.07, 6.45) is 10.2. The Kier molecular flexibility index (Phi) is 4.60. The molecule has 3 heteroatoms. The van der Waals surface area contributed by atoms with E-state index >= 15 is 0 Å². The molecule has 1 aliphatic rings. The van der Waals surface area contributed by atoms with Crippen molar-refractivity contribution < 1.29 is 0 Å². The standard InChI is InChI=1S/C14H25N3/c1-11(2)12-4-3-5-13(10-12)15-7-6-14-16-8-9-17-14/h8-9,11-13,15H,3-7,10H2,1-2H3,(H,16,17). The van der Waals surface area contributed by atoms with Gasteiger partial charge in [-0.25, -0.2) is 4.98 Å². The fourth-order valence-corrected chi connectivity index (χ4v) is 2.85. The van der Waals surface area contributed by atoms with Gasteiger partial charge in [-0.3, -0.25) is 0 Å². The minimum absolute atomic E-state index is 0.728. The summed E-state index contributed by atoms with van der Waals surface area (Å²) in [5.41, 5.74) is 0. The number of nitrogens with zero attached hydrogens (tertiary/aromatic N) is 1. The average Bonchev–Trinajstić information content (AvgIpc) is 2.82. The van der Waals surface area contributed by atoms with E-state index in [4.69, 9.17) is 0 Å². The number of rotatable bonds is 5. The molecule has 1 fully saturated rings. The van der Waals surface area contributed by atoms with E-state index in [9.17, 15) is 0 Å². The van der Waals surface area contributed by atoms with Gasteiger partial charge in [-0.05, 0) is 24.7 Å². The van der Waals surface area contributed by atoms with E-state index in [1.807, 2.05) is 12.4 Å². The average molecular weight is 235 g/mol. The summed E-state index contributed by atoms with van der Waals surface area (Å²) >= 11 is 0. The summed E-state index contributed by atoms with van der Waals surface area (Å²) in [6.45, 7) is 5.76. The van der Waals surface area contributed by atoms with Crippen LogP contribution in [0.4, 0.5) is 0 Å². The highest BCUT2D eigenvalue weighted by Gasteiger charge is 2.23. The second kappa shape index (κ2) is 6.20. The lowest BCUT2D eigenvalue weighted by molar-refractivity contribution is 0.232. The molecular formula is C14H25N3. The Labute approximate surface area is 104 Å². The third-order valence-corrected chi connectivity index (χ3v) is 4.01. The van der Waals surface area contributed by atoms with Crippen molar-refractivity contribution >= 4 is 0 Å². The topological polar surface area (TPSA) is 40.7 Å². The molecule has 0 saturated heterocycles. The van der Waals surface area contributed by atoms with Gasteiger partial charge >= 0.3 is 0 Å². The minimum atomic E-state index is 0.728. The molecule has 1 aliphatic carbocycles. The highest BCUT2D eigenvalue weighted by molar-refractivity contribution is 4.88. The fraction of sp³-hybridized carbons (Fsp3) is 0.786. The van der Waals surface area contributed by atoms with Gasteiger partial charge in [0.05, 0.1) is 0 Å². The van der Waals surface area contributed by atoms with Gasteiger partial charge in [0.15, 0.2) is 0 Å². The number of H-pyrrole nitrogens is 1. The molecule has 2 rings (SSSR count). The zero-order valence-corrected chi connectivity index (χ0v) is 11.1. The van der Waals surface area contributed by atoms with Crippen LogP contribution in [0.1, 0.15) is 45.4 Å². The van der Waals surface area contributed by atoms with Crippen LogP contribution in [0.15, 0.2) is 12.4 Å². The SMILES string of the molecule is CC(C)C1CCCC(NCCc2ncc[nH]2)C1. The van der Waals surface area contributed by atoms with E-state index in [0.717, 1.165) is 36.7 Å². The van der Waals surface area contributed by atoms with Crippen LogP contribution in [-0.4, -0.2) is 22.6 Å². The Morgan fingerprint density at radius 2 is 2.35 bits per heavy atom. The molecular weight excluding hydrogens is 210 g/mol. The smallest absolute Gasteiger partial charge is 0.107 e. The molecule has 1 saturated carbocycles. The van der Waals surface area contributed by atoms with Gasteiger partial charge in [-0.2, -0.15) is 0 Å². The van der Waals surface area contributed by atoms with E-state index < -0.39 is 0 Å². The molecule has 0 bridgehead atoms. The predicted molar refractivity (Wildman–Crippen MR) is 70.9 cm³/mol. The number of aromatic nitrogens is 2. The van der Waals surface area contributed by atoms with E-state index in [-0.39, 0.29) is 0 Å². The first-order chi connectivity index (χ1) is 8.25. The Morgan fingerprint density at radius 3 is 3.06 bits per heavy atom. The number of hydrogen-bond acceptors (Lipinski definition) is 2. The zero-order chi connectivity index (χ0) is 12.1. The van der Waals surface area contributed by atoms with Gasteiger partial charge in [0.2, 0.25) is 0 Å². The van der Waals surface area contributed by atoms with Crippen LogP contribution in [0.3, 0.4) is 0 Å². The maximum absolute atomic E-state index is 4.25. The third-order valence-electron chi connectivity index (χ3n) is 4.01. The second-order valence-corrected chi connectivity index (χ2v) is 5.61. The van der Waals surface area contributed by atoms with Gasteiger partial charge in [0.1, 0.15) is 5.82 Å². The Balaban J connectivity index is 1.68. The van der Waals surface area contributed by atoms with Crippen LogP contribution in [0.2, 0.25) is 0 Å². The van der Waals surface area contributed by atoms with Crippen molar-refractivity contribution in [3.63, 3.8) is 0 Å². The van der Waals surface area contributed by atoms with Crippen molar-refractivity contribution in [3.8, 4) is 0 Å². The fourth-order valence-electron chi connectivity index (χ4n) is 2.85. The summed E-state index contributed by atoms with van der Waals surface area (Å²) in [5.74, 6) is 2.85. The molecule has 1 heterocycles. The molecule has 0 aromatic carbocycles. The van der Waals surface area contributed by atoms with Crippen LogP contribution in [0, 0.1) is 11.8 Å². The quantitative estimate of drug-likeness (QED) is 0.824. The molecule has 96 valence electrons. The first-order valence-corrected chi connectivity index (χ1v) is 6.97. The van der Waals surface area contributed by atoms with E-state index in [0.29, 0.717) is 0 Å². The highest BCUT2D eigenvalue weighted by Crippen LogP contribution is 2.29. The number of hydrogen-bond donors (Lipinski definition) is 2. The molecule has 3 nitrogen and oxygen atoms in total. The summed E-state index contributed by atoms with van der Waals surface area (Å²) in [7, 11) is 0. The molecule has 1 aromatic heterocycles. The van der Waals surface area contributed by atoms with Crippen LogP contribution in [-0.2, 0) is 6.42 Å². The molecule has 17 heavy (non-hydrogen) atoms. The highest BCUT2D eigenvalue weighted by atomic mass is 14.9. The minimum Gasteiger partial charge on any atom is -0.349 e. The van der Waals surface area contributed by atoms with Crippen molar-refractivity contribution in [2.45, 2.75) is 52.0 Å². The number of imidazole rings is 1. The van der Waals surface area contributed by atoms with Crippen molar-refractivity contribution in [1.82, 2.24) is 15.3 Å². The maximum Gasteiger partial charge on any atom is 0.107 e. The largest absolute Gasteiger partial charge is 0.349 e. The molecule has 2 unspecified atom stereocenters. The van der Waals surface area contributed by atoms with E-state index in [2.05, 4.69) is 29.1 Å². The first kappa shape index (κ1) is 12.6. The second-order valence-electron chi connectivity index (χ2n) is 5.61. The van der Waals surface area contributed by atoms with Gasteiger partial charge in [-0.1, -0.05) is 26.7 Å². The van der Waals surface area contributed by atoms with Crippen LogP contribution >= 0.6 is 0 Å². The van der Waals surface area contributed by atoms with Crippen LogP contribution < -0.4 is 5.32 Å². The van der Waals surface area contributed by atoms with Crippen molar-refractivity contribution in [2.75, 3.05) is 6.54 Å². The number of aromatic amines is 1. The summed E-state index contributed by atoms with van der Waals surface area (Å²) in [5, 5.41) is 3.68. The Bertz CT molecular complexity index is 305. The van der Waals surface area contributed by atoms with Crippen LogP contribution in [0.25, 0.3) is 0 Å². The van der Waals surface area contributed by atoms with Gasteiger partial charge in [0, 0.05) is 31.4 Å². The number of nitrogens with one attached hydrogen (secondary N) is 2. The summed E-state index contributed by atoms with van der Waals surface area (Å²) in [6, 6.07) is 0.728. The van der Waals surface area contributed by atoms with Crippen molar-refractivity contribution in [1.29, 1.82) is 0 Å². The van der Waals surface area contributed by atoms with Gasteiger partial charge in [-0.15, -0.1) is 0 Å². The van der Waals surface area contributed by atoms with Crippen molar-refractivity contribution in [2.24, 2.45) is 11.8 Å². The molecule has 0 spiro atoms. The van der Waals surface area contributed by atoms with Gasteiger partial charge < -0.3 is 10.3 Å². The monoisotopic (exact) mass is 235 g/mol. The van der Waals surface area contributed by atoms with Crippen LogP contribution in [0.5, 0.6) is 0 Å². The molecule has 0 radical (unpaired) electrons. The molecule has 2 atom stereocenters. The zero-order valence-electron chi connectivity index (χ0n) is 11.1. The lowest BCUT2D eigenvalue weighted by Gasteiger charge is -2.32. The normalized spacial score (nSPS) is 25.4. The Hall–Kier alpha value is -0.830. The summed E-state index contributed by atoms with van der Waals surface area (Å²) < 4.78 is 0. The van der Waals surface area contributed by atoms with Gasteiger partial charge in [0.25, 0.3) is 0 Å². The molecule has 0 amide bonds. The molecule has 2 N–H and O–H groups in total. The van der Waals surface area contributed by atoms with E-state index in [1.165, 1.54) is 25.7 Å². The first-order valence-electron chi connectivity index (χ1n) is 6.97. The van der Waals surface area contributed by atoms with E-state index in [1.54, 1.807) is 0 Å². The van der Waals surface area contributed by atoms with Crippen molar-refractivity contribution in [3.05, 3.63) is 18.2 Å². The Morgan fingerprint density at radius 1 is 1.47 bits per heavy atom.